The molecule has 0 amide bonds. The zero-order chi connectivity index (χ0) is 36.4. The number of ether oxygens (including phenoxy) is 9. The summed E-state index contributed by atoms with van der Waals surface area (Å²) in [5.41, 5.74) is 0. The Hall–Kier alpha value is -1.71. The predicted octanol–water partition coefficient (Wildman–Crippen LogP) is 5.58. The molecule has 0 saturated carbocycles. The maximum absolute atomic E-state index is 11.4. The van der Waals surface area contributed by atoms with Crippen molar-refractivity contribution in [3.63, 3.8) is 0 Å². The van der Waals surface area contributed by atoms with E-state index in [-0.39, 0.29) is 26.1 Å². The fourth-order valence-electron chi connectivity index (χ4n) is 4.65. The fourth-order valence-corrected chi connectivity index (χ4v) is 4.65. The van der Waals surface area contributed by atoms with Gasteiger partial charge in [-0.25, -0.2) is 4.79 Å². The number of aliphatic carboxylic acids is 1. The first-order chi connectivity index (χ1) is 24.6. The van der Waals surface area contributed by atoms with Crippen LogP contribution in [0.2, 0.25) is 0 Å². The molecule has 13 nitrogen and oxygen atoms in total. The topological polar surface area (TPSA) is 155 Å². The van der Waals surface area contributed by atoms with Crippen LogP contribution in [0.5, 0.6) is 0 Å². The summed E-state index contributed by atoms with van der Waals surface area (Å²) >= 11 is 0. The molecule has 50 heavy (non-hydrogen) atoms. The lowest BCUT2D eigenvalue weighted by molar-refractivity contribution is -0.151. The lowest BCUT2D eigenvalue weighted by atomic mass is 10.0. The van der Waals surface area contributed by atoms with Gasteiger partial charge < -0.3 is 47.7 Å². The molecule has 0 spiro atoms. The molecule has 0 aliphatic carbocycles. The van der Waals surface area contributed by atoms with Gasteiger partial charge >= 0.3 is 11.9 Å². The van der Waals surface area contributed by atoms with E-state index in [1.165, 1.54) is 83.5 Å². The average Bonchev–Trinajstić information content (AvgIpc) is 3.11. The second-order valence-electron chi connectivity index (χ2n) is 11.9. The molecule has 1 N–H and O–H groups in total. The van der Waals surface area contributed by atoms with Crippen molar-refractivity contribution in [2.75, 3.05) is 112 Å². The van der Waals surface area contributed by atoms with E-state index < -0.39 is 17.7 Å². The number of carboxylic acids is 1. The second kappa shape index (κ2) is 41.7. The van der Waals surface area contributed by atoms with Crippen LogP contribution in [-0.2, 0) is 57.0 Å². The Kier molecular flexibility index (Phi) is 40.3. The zero-order valence-corrected chi connectivity index (χ0v) is 31.2. The van der Waals surface area contributed by atoms with Crippen LogP contribution in [-0.4, -0.2) is 135 Å². The summed E-state index contributed by atoms with van der Waals surface area (Å²) in [6.07, 6.45) is 18.5. The van der Waals surface area contributed by atoms with Crippen LogP contribution >= 0.6 is 0 Å². The Balaban J connectivity index is 3.11. The molecule has 0 aromatic carbocycles. The highest BCUT2D eigenvalue weighted by Crippen LogP contribution is 2.13. The molecule has 0 rings (SSSR count). The third-order valence-corrected chi connectivity index (χ3v) is 7.53. The number of carbonyl (C=O) groups is 3. The van der Waals surface area contributed by atoms with Gasteiger partial charge in [0.25, 0.3) is 0 Å². The minimum absolute atomic E-state index is 0.0215. The normalized spacial score (nSPS) is 11.3. The van der Waals surface area contributed by atoms with Gasteiger partial charge in [-0.05, 0) is 6.42 Å². The van der Waals surface area contributed by atoms with Crippen molar-refractivity contribution < 1.29 is 62.1 Å². The maximum atomic E-state index is 11.4. The first-order valence-corrected chi connectivity index (χ1v) is 19.1. The van der Waals surface area contributed by atoms with Gasteiger partial charge in [0, 0.05) is 13.0 Å². The van der Waals surface area contributed by atoms with Crippen LogP contribution in [0.25, 0.3) is 0 Å². The Labute approximate surface area is 301 Å². The summed E-state index contributed by atoms with van der Waals surface area (Å²) in [5, 5.41) is 8.45. The summed E-state index contributed by atoms with van der Waals surface area (Å²) in [4.78, 5) is 32.7. The monoisotopic (exact) mass is 722 g/mol. The van der Waals surface area contributed by atoms with Gasteiger partial charge in [0.1, 0.15) is 6.61 Å². The van der Waals surface area contributed by atoms with E-state index in [0.717, 1.165) is 13.0 Å². The Morgan fingerprint density at radius 1 is 0.360 bits per heavy atom. The van der Waals surface area contributed by atoms with Gasteiger partial charge in [-0.3, -0.25) is 9.59 Å². The van der Waals surface area contributed by atoms with Gasteiger partial charge in [-0.1, -0.05) is 90.4 Å². The van der Waals surface area contributed by atoms with Crippen molar-refractivity contribution in [3.8, 4) is 0 Å². The van der Waals surface area contributed by atoms with E-state index in [1.54, 1.807) is 0 Å². The summed E-state index contributed by atoms with van der Waals surface area (Å²) in [5.74, 6) is -3.22. The largest absolute Gasteiger partial charge is 0.476 e. The lowest BCUT2D eigenvalue weighted by Gasteiger charge is -2.09. The predicted molar refractivity (Wildman–Crippen MR) is 190 cm³/mol. The Morgan fingerprint density at radius 2 is 0.640 bits per heavy atom. The van der Waals surface area contributed by atoms with Crippen molar-refractivity contribution in [1.82, 2.24) is 0 Å². The maximum Gasteiger partial charge on any atom is 0.372 e. The second-order valence-corrected chi connectivity index (χ2v) is 11.9. The molecule has 296 valence electrons. The fraction of sp³-hybridized carbons (Fsp3) is 0.919. The number of unbranched alkanes of at least 4 members (excludes halogenated alkanes) is 13. The number of hydrogen-bond acceptors (Lipinski definition) is 12. The summed E-state index contributed by atoms with van der Waals surface area (Å²) in [6, 6.07) is 0. The van der Waals surface area contributed by atoms with Gasteiger partial charge in [0.2, 0.25) is 5.78 Å². The van der Waals surface area contributed by atoms with Crippen LogP contribution < -0.4 is 0 Å². The minimum atomic E-state index is -1.56. The highest BCUT2D eigenvalue weighted by Gasteiger charge is 2.14. The number of ketones is 1. The number of carboxylic acid groups (broad SMARTS) is 1. The number of Topliss-reactive ketones (excluding diaryl/α,β-unsaturated/α-hetero) is 1. The Bertz CT molecular complexity index is 738. The van der Waals surface area contributed by atoms with Crippen molar-refractivity contribution in [2.24, 2.45) is 0 Å². The van der Waals surface area contributed by atoms with Crippen molar-refractivity contribution in [3.05, 3.63) is 0 Å². The van der Waals surface area contributed by atoms with Crippen LogP contribution in [0.1, 0.15) is 110 Å². The number of carbonyl (C=O) groups excluding carboxylic acids is 2. The molecular weight excluding hydrogens is 652 g/mol. The first kappa shape index (κ1) is 48.3. The molecule has 0 saturated heterocycles. The molecule has 0 unspecified atom stereocenters. The average molecular weight is 723 g/mol. The molecule has 0 fully saturated rings. The highest BCUT2D eigenvalue weighted by atomic mass is 16.6. The van der Waals surface area contributed by atoms with Crippen molar-refractivity contribution >= 4 is 17.7 Å². The SMILES string of the molecule is CCCCCCCCCCCCCCCCOCCOCCOCCOCCOCCOCCOCCOCCOC(=O)CCC(=O)C(=O)O. The molecule has 0 radical (unpaired) electrons. The van der Waals surface area contributed by atoms with E-state index in [1.807, 2.05) is 0 Å². The van der Waals surface area contributed by atoms with Crippen molar-refractivity contribution in [1.29, 1.82) is 0 Å². The van der Waals surface area contributed by atoms with Crippen LogP contribution in [0.15, 0.2) is 0 Å². The molecule has 13 heteroatoms. The van der Waals surface area contributed by atoms with Gasteiger partial charge in [0.05, 0.1) is 106 Å². The van der Waals surface area contributed by atoms with Gasteiger partial charge in [-0.2, -0.15) is 0 Å². The smallest absolute Gasteiger partial charge is 0.372 e. The standard InChI is InChI=1S/C37H70O13/c1-2-3-4-5-6-7-8-9-10-11-12-13-14-15-18-42-19-20-43-21-22-44-23-24-45-25-26-46-27-28-47-29-30-48-31-32-49-33-34-50-36(39)17-16-35(38)37(40)41/h2-34H2,1H3,(H,40,41). The first-order valence-electron chi connectivity index (χ1n) is 19.1. The van der Waals surface area contributed by atoms with E-state index in [9.17, 15) is 14.4 Å². The van der Waals surface area contributed by atoms with E-state index in [2.05, 4.69) is 6.92 Å². The van der Waals surface area contributed by atoms with Crippen LogP contribution in [0.3, 0.4) is 0 Å². The molecule has 0 atom stereocenters. The lowest BCUT2D eigenvalue weighted by Crippen LogP contribution is -2.17. The Morgan fingerprint density at radius 3 is 0.960 bits per heavy atom. The van der Waals surface area contributed by atoms with Gasteiger partial charge in [-0.15, -0.1) is 0 Å². The molecule has 0 aromatic rings. The minimum Gasteiger partial charge on any atom is -0.476 e. The number of hydrogen-bond donors (Lipinski definition) is 1. The quantitative estimate of drug-likeness (QED) is 0.0474. The summed E-state index contributed by atoms with van der Waals surface area (Å²) in [6.45, 7) is 10.0. The number of rotatable bonds is 43. The van der Waals surface area contributed by atoms with E-state index >= 15 is 0 Å². The van der Waals surface area contributed by atoms with E-state index in [4.69, 9.17) is 47.7 Å². The molecular formula is C37H70O13. The third-order valence-electron chi connectivity index (χ3n) is 7.53. The molecule has 0 aromatic heterocycles. The summed E-state index contributed by atoms with van der Waals surface area (Å²) in [7, 11) is 0. The van der Waals surface area contributed by atoms with Crippen LogP contribution in [0.4, 0.5) is 0 Å². The van der Waals surface area contributed by atoms with Crippen molar-refractivity contribution in [2.45, 2.75) is 110 Å². The highest BCUT2D eigenvalue weighted by molar-refractivity contribution is 6.32. The third kappa shape index (κ3) is 40.7. The molecule has 0 aliphatic heterocycles. The van der Waals surface area contributed by atoms with Gasteiger partial charge in [0.15, 0.2) is 0 Å². The number of esters is 1. The van der Waals surface area contributed by atoms with E-state index in [0.29, 0.717) is 92.5 Å². The molecule has 0 bridgehead atoms. The summed E-state index contributed by atoms with van der Waals surface area (Å²) < 4.78 is 48.6. The molecule has 0 aliphatic rings. The molecule has 0 heterocycles. The van der Waals surface area contributed by atoms with Crippen LogP contribution in [0, 0.1) is 0 Å². The zero-order valence-electron chi connectivity index (χ0n) is 31.2.